The molecule has 1 fully saturated rings. The molecule has 0 spiro atoms. The van der Waals surface area contributed by atoms with Crippen LogP contribution in [0.25, 0.3) is 0 Å². The zero-order valence-corrected chi connectivity index (χ0v) is 10.8. The summed E-state index contributed by atoms with van der Waals surface area (Å²) in [5.74, 6) is -0.338. The normalized spacial score (nSPS) is 22.8. The third-order valence-corrected chi connectivity index (χ3v) is 3.36. The van der Waals surface area contributed by atoms with Gasteiger partial charge in [0.05, 0.1) is 19.3 Å². The van der Waals surface area contributed by atoms with Crippen LogP contribution in [0.1, 0.15) is 36.0 Å². The van der Waals surface area contributed by atoms with Crippen molar-refractivity contribution in [3.8, 4) is 11.5 Å². The minimum absolute atomic E-state index is 0.0715. The predicted octanol–water partition coefficient (Wildman–Crippen LogP) is 2.08. The van der Waals surface area contributed by atoms with Gasteiger partial charge in [-0.15, -0.1) is 0 Å². The van der Waals surface area contributed by atoms with Crippen molar-refractivity contribution in [2.45, 2.75) is 37.9 Å². The van der Waals surface area contributed by atoms with E-state index in [0.717, 1.165) is 12.8 Å². The SMILES string of the molecule is COc1cccc(C(=O)O)c1OC1CCC(O)CC1. The molecule has 0 aromatic heterocycles. The van der Waals surface area contributed by atoms with Crippen LogP contribution in [0.15, 0.2) is 18.2 Å². The number of rotatable bonds is 4. The second kappa shape index (κ2) is 5.93. The lowest BCUT2D eigenvalue weighted by molar-refractivity contribution is 0.0601. The molecular formula is C14H18O5. The molecule has 1 aliphatic carbocycles. The van der Waals surface area contributed by atoms with Crippen LogP contribution in [0.2, 0.25) is 0 Å². The summed E-state index contributed by atoms with van der Waals surface area (Å²) in [6, 6.07) is 4.80. The number of methoxy groups -OCH3 is 1. The lowest BCUT2D eigenvalue weighted by Gasteiger charge is -2.27. The fourth-order valence-electron chi connectivity index (χ4n) is 2.30. The van der Waals surface area contributed by atoms with Crippen LogP contribution in [0.4, 0.5) is 0 Å². The Hall–Kier alpha value is -1.75. The number of carbonyl (C=O) groups is 1. The maximum absolute atomic E-state index is 11.2. The molecule has 0 unspecified atom stereocenters. The third-order valence-electron chi connectivity index (χ3n) is 3.36. The summed E-state index contributed by atoms with van der Waals surface area (Å²) in [5.41, 5.74) is 0.102. The van der Waals surface area contributed by atoms with Crippen LogP contribution in [0.5, 0.6) is 11.5 Å². The van der Waals surface area contributed by atoms with Gasteiger partial charge in [0.2, 0.25) is 0 Å². The summed E-state index contributed by atoms with van der Waals surface area (Å²) in [6.07, 6.45) is 2.47. The van der Waals surface area contributed by atoms with Crippen LogP contribution in [0.3, 0.4) is 0 Å². The highest BCUT2D eigenvalue weighted by Crippen LogP contribution is 2.34. The highest BCUT2D eigenvalue weighted by molar-refractivity contribution is 5.92. The van der Waals surface area contributed by atoms with E-state index in [1.807, 2.05) is 0 Å². The van der Waals surface area contributed by atoms with Crippen molar-refractivity contribution in [1.29, 1.82) is 0 Å². The quantitative estimate of drug-likeness (QED) is 0.872. The number of aliphatic hydroxyl groups excluding tert-OH is 1. The summed E-state index contributed by atoms with van der Waals surface area (Å²) < 4.78 is 11.0. The van der Waals surface area contributed by atoms with E-state index in [1.54, 1.807) is 12.1 Å². The number of aliphatic hydroxyl groups is 1. The summed E-state index contributed by atoms with van der Waals surface area (Å²) in [7, 11) is 1.48. The van der Waals surface area contributed by atoms with Crippen molar-refractivity contribution in [1.82, 2.24) is 0 Å². The molecular weight excluding hydrogens is 248 g/mol. The van der Waals surface area contributed by atoms with Gasteiger partial charge in [-0.2, -0.15) is 0 Å². The lowest BCUT2D eigenvalue weighted by Crippen LogP contribution is -2.27. The number of hydrogen-bond donors (Lipinski definition) is 2. The summed E-state index contributed by atoms with van der Waals surface area (Å²) in [4.78, 5) is 11.2. The molecule has 0 atom stereocenters. The first kappa shape index (κ1) is 13.7. The lowest BCUT2D eigenvalue weighted by atomic mass is 9.95. The predicted molar refractivity (Wildman–Crippen MR) is 68.8 cm³/mol. The van der Waals surface area contributed by atoms with E-state index in [-0.39, 0.29) is 23.5 Å². The van der Waals surface area contributed by atoms with Crippen molar-refractivity contribution in [2.75, 3.05) is 7.11 Å². The molecule has 2 N–H and O–H groups in total. The highest BCUT2D eigenvalue weighted by atomic mass is 16.5. The molecule has 104 valence electrons. The van der Waals surface area contributed by atoms with Crippen molar-refractivity contribution < 1.29 is 24.5 Å². The first-order chi connectivity index (χ1) is 9.11. The molecule has 1 aliphatic rings. The molecule has 0 amide bonds. The molecule has 19 heavy (non-hydrogen) atoms. The standard InChI is InChI=1S/C14H18O5/c1-18-12-4-2-3-11(14(16)17)13(12)19-10-7-5-9(15)6-8-10/h2-4,9-10,15H,5-8H2,1H3,(H,16,17). The van der Waals surface area contributed by atoms with E-state index in [9.17, 15) is 15.0 Å². The molecule has 0 radical (unpaired) electrons. The second-order valence-corrected chi connectivity index (χ2v) is 4.69. The molecule has 2 rings (SSSR count). The van der Waals surface area contributed by atoms with E-state index in [1.165, 1.54) is 13.2 Å². The van der Waals surface area contributed by atoms with Crippen molar-refractivity contribution in [3.63, 3.8) is 0 Å². The molecule has 0 heterocycles. The van der Waals surface area contributed by atoms with E-state index >= 15 is 0 Å². The minimum atomic E-state index is -1.04. The Morgan fingerprint density at radius 3 is 2.53 bits per heavy atom. The average molecular weight is 266 g/mol. The van der Waals surface area contributed by atoms with Crippen molar-refractivity contribution in [3.05, 3.63) is 23.8 Å². The third kappa shape index (κ3) is 3.17. The van der Waals surface area contributed by atoms with Crippen LogP contribution in [0, 0.1) is 0 Å². The van der Waals surface area contributed by atoms with Gasteiger partial charge >= 0.3 is 5.97 Å². The Balaban J connectivity index is 2.20. The van der Waals surface area contributed by atoms with Gasteiger partial charge in [0.15, 0.2) is 11.5 Å². The molecule has 1 aromatic carbocycles. The minimum Gasteiger partial charge on any atom is -0.493 e. The average Bonchev–Trinajstić information content (AvgIpc) is 2.41. The number of para-hydroxylation sites is 1. The van der Waals surface area contributed by atoms with Gasteiger partial charge in [0.25, 0.3) is 0 Å². The number of hydrogen-bond acceptors (Lipinski definition) is 4. The van der Waals surface area contributed by atoms with E-state index in [4.69, 9.17) is 9.47 Å². The topological polar surface area (TPSA) is 76.0 Å². The molecule has 1 saturated carbocycles. The summed E-state index contributed by atoms with van der Waals surface area (Å²) in [6.45, 7) is 0. The maximum atomic E-state index is 11.2. The smallest absolute Gasteiger partial charge is 0.339 e. The Morgan fingerprint density at radius 2 is 1.95 bits per heavy atom. The Kier molecular flexibility index (Phi) is 4.27. The van der Waals surface area contributed by atoms with Gasteiger partial charge in [-0.25, -0.2) is 4.79 Å². The second-order valence-electron chi connectivity index (χ2n) is 4.69. The van der Waals surface area contributed by atoms with Crippen molar-refractivity contribution >= 4 is 5.97 Å². The van der Waals surface area contributed by atoms with Crippen LogP contribution >= 0.6 is 0 Å². The summed E-state index contributed by atoms with van der Waals surface area (Å²) in [5, 5.41) is 18.6. The number of carboxylic acids is 1. The van der Waals surface area contributed by atoms with E-state index < -0.39 is 5.97 Å². The van der Waals surface area contributed by atoms with Gasteiger partial charge in [0, 0.05) is 0 Å². The van der Waals surface area contributed by atoms with Crippen LogP contribution in [-0.4, -0.2) is 35.5 Å². The van der Waals surface area contributed by atoms with Gasteiger partial charge in [0.1, 0.15) is 5.56 Å². The number of aromatic carboxylic acids is 1. The fraction of sp³-hybridized carbons (Fsp3) is 0.500. The van der Waals surface area contributed by atoms with Gasteiger partial charge in [-0.1, -0.05) is 6.07 Å². The van der Waals surface area contributed by atoms with Crippen molar-refractivity contribution in [2.24, 2.45) is 0 Å². The zero-order valence-electron chi connectivity index (χ0n) is 10.8. The molecule has 0 bridgehead atoms. The first-order valence-corrected chi connectivity index (χ1v) is 6.37. The largest absolute Gasteiger partial charge is 0.493 e. The number of carboxylic acid groups (broad SMARTS) is 1. The molecule has 5 nitrogen and oxygen atoms in total. The van der Waals surface area contributed by atoms with Crippen LogP contribution < -0.4 is 9.47 Å². The molecule has 0 saturated heterocycles. The fourth-order valence-corrected chi connectivity index (χ4v) is 2.30. The number of benzene rings is 1. The van der Waals surface area contributed by atoms with Gasteiger partial charge in [-0.05, 0) is 37.8 Å². The Bertz CT molecular complexity index is 449. The van der Waals surface area contributed by atoms with Crippen LogP contribution in [-0.2, 0) is 0 Å². The molecule has 1 aromatic rings. The number of ether oxygens (including phenoxy) is 2. The summed E-state index contributed by atoms with van der Waals surface area (Å²) >= 11 is 0. The Labute approximate surface area is 111 Å². The van der Waals surface area contributed by atoms with E-state index in [0.29, 0.717) is 18.6 Å². The van der Waals surface area contributed by atoms with Gasteiger partial charge < -0.3 is 19.7 Å². The molecule has 5 heteroatoms. The van der Waals surface area contributed by atoms with E-state index in [2.05, 4.69) is 0 Å². The zero-order chi connectivity index (χ0) is 13.8. The first-order valence-electron chi connectivity index (χ1n) is 6.37. The maximum Gasteiger partial charge on any atom is 0.339 e. The van der Waals surface area contributed by atoms with Gasteiger partial charge in [-0.3, -0.25) is 0 Å². The highest BCUT2D eigenvalue weighted by Gasteiger charge is 2.24. The molecule has 0 aliphatic heterocycles. The monoisotopic (exact) mass is 266 g/mol. The Morgan fingerprint density at radius 1 is 1.26 bits per heavy atom.